The molecule has 0 bridgehead atoms. The first-order chi connectivity index (χ1) is 13.5. The number of hydrogen-bond acceptors (Lipinski definition) is 4. The third kappa shape index (κ3) is 3.98. The largest absolute Gasteiger partial charge is 0.477 e. The topological polar surface area (TPSA) is 62.7 Å². The van der Waals surface area contributed by atoms with E-state index in [1.807, 2.05) is 6.07 Å². The minimum absolute atomic E-state index is 0.135. The van der Waals surface area contributed by atoms with Crippen LogP contribution in [0, 0.1) is 0 Å². The Balaban J connectivity index is 1.94. The summed E-state index contributed by atoms with van der Waals surface area (Å²) < 4.78 is 44.7. The molecular weight excluding hydrogens is 385 g/mol. The number of halogens is 3. The lowest BCUT2D eigenvalue weighted by molar-refractivity contribution is -0.147. The van der Waals surface area contributed by atoms with Crippen LogP contribution in [0.15, 0.2) is 54.4 Å². The highest BCUT2D eigenvalue weighted by molar-refractivity contribution is 6.20. The number of alkyl halides is 3. The fourth-order valence-electron chi connectivity index (χ4n) is 3.22. The van der Waals surface area contributed by atoms with Gasteiger partial charge in [0.25, 0.3) is 5.91 Å². The van der Waals surface area contributed by atoms with Crippen molar-refractivity contribution in [1.29, 1.82) is 0 Å². The van der Waals surface area contributed by atoms with Gasteiger partial charge in [0.1, 0.15) is 11.9 Å². The Morgan fingerprint density at radius 3 is 2.45 bits per heavy atom. The summed E-state index contributed by atoms with van der Waals surface area (Å²) in [5.41, 5.74) is -1.38. The summed E-state index contributed by atoms with van der Waals surface area (Å²) in [4.78, 5) is 18.4. The van der Waals surface area contributed by atoms with Crippen LogP contribution in [0.25, 0.3) is 5.57 Å². The van der Waals surface area contributed by atoms with Gasteiger partial charge in [-0.3, -0.25) is 14.7 Å². The van der Waals surface area contributed by atoms with Gasteiger partial charge in [-0.25, -0.2) is 0 Å². The Kier molecular flexibility index (Phi) is 5.40. The number of aromatic nitrogens is 1. The van der Waals surface area contributed by atoms with Crippen LogP contribution >= 0.6 is 0 Å². The van der Waals surface area contributed by atoms with Crippen LogP contribution in [0.5, 0.6) is 0 Å². The van der Waals surface area contributed by atoms with Crippen molar-refractivity contribution in [2.45, 2.75) is 38.6 Å². The third-order valence-electron chi connectivity index (χ3n) is 5.04. The van der Waals surface area contributed by atoms with Crippen molar-refractivity contribution in [3.05, 3.63) is 71.2 Å². The number of carbonyl (C=O) groups is 1. The molecule has 0 saturated heterocycles. The smallest absolute Gasteiger partial charge is 0.416 e. The average molecular weight is 406 g/mol. The average Bonchev–Trinajstić information content (AvgIpc) is 2.67. The molecule has 2 heterocycles. The number of nitrogens with zero attached hydrogens (tertiary/aromatic N) is 2. The summed E-state index contributed by atoms with van der Waals surface area (Å²) in [5.74, 6) is 0.0657. The fourth-order valence-corrected chi connectivity index (χ4v) is 3.22. The molecule has 8 heteroatoms. The van der Waals surface area contributed by atoms with E-state index in [0.29, 0.717) is 16.9 Å². The highest BCUT2D eigenvalue weighted by Gasteiger charge is 2.43. The summed E-state index contributed by atoms with van der Waals surface area (Å²) in [6, 6.07) is 10.5. The van der Waals surface area contributed by atoms with Crippen molar-refractivity contribution in [2.24, 2.45) is 0 Å². The van der Waals surface area contributed by atoms with Gasteiger partial charge in [0.2, 0.25) is 0 Å². The van der Waals surface area contributed by atoms with Crippen molar-refractivity contribution in [3.63, 3.8) is 0 Å². The maximum atomic E-state index is 13.2. The van der Waals surface area contributed by atoms with Crippen LogP contribution in [-0.2, 0) is 15.7 Å². The van der Waals surface area contributed by atoms with E-state index in [1.54, 1.807) is 45.0 Å². The minimum Gasteiger partial charge on any atom is -0.477 e. The predicted octanol–water partition coefficient (Wildman–Crippen LogP) is 4.16. The molecule has 0 aliphatic carbocycles. The highest BCUT2D eigenvalue weighted by atomic mass is 19.4. The summed E-state index contributed by atoms with van der Waals surface area (Å²) >= 11 is 0. The molecule has 2 aromatic rings. The number of allylic oxidation sites excluding steroid dienone is 1. The zero-order chi connectivity index (χ0) is 21.4. The maximum absolute atomic E-state index is 13.2. The molecule has 1 aliphatic rings. The van der Waals surface area contributed by atoms with Crippen molar-refractivity contribution < 1.29 is 27.8 Å². The second-order valence-electron chi connectivity index (χ2n) is 7.33. The fraction of sp³-hybridized carbons (Fsp3) is 0.333. The van der Waals surface area contributed by atoms with Crippen molar-refractivity contribution in [3.8, 4) is 0 Å². The summed E-state index contributed by atoms with van der Waals surface area (Å²) in [6.07, 6.45) is -5.04. The zero-order valence-electron chi connectivity index (χ0n) is 16.2. The van der Waals surface area contributed by atoms with Crippen LogP contribution in [0.1, 0.15) is 43.7 Å². The SMILES string of the molecule is CC1=C(c2ccccc2)C(=O)N(C(C)(C)C(O)c2cc(C(F)(F)F)ccn2)CO1. The van der Waals surface area contributed by atoms with Crippen LogP contribution < -0.4 is 0 Å². The molecule has 1 aromatic carbocycles. The van der Waals surface area contributed by atoms with Gasteiger partial charge in [-0.15, -0.1) is 0 Å². The van der Waals surface area contributed by atoms with Gasteiger partial charge < -0.3 is 9.84 Å². The van der Waals surface area contributed by atoms with Gasteiger partial charge >= 0.3 is 6.18 Å². The molecule has 1 unspecified atom stereocenters. The van der Waals surface area contributed by atoms with Crippen LogP contribution in [0.4, 0.5) is 13.2 Å². The van der Waals surface area contributed by atoms with E-state index in [4.69, 9.17) is 4.74 Å². The highest BCUT2D eigenvalue weighted by Crippen LogP contribution is 2.37. The molecule has 1 amide bonds. The quantitative estimate of drug-likeness (QED) is 0.828. The van der Waals surface area contributed by atoms with E-state index in [-0.39, 0.29) is 18.3 Å². The van der Waals surface area contributed by atoms with Gasteiger partial charge in [-0.05, 0) is 38.5 Å². The van der Waals surface area contributed by atoms with Gasteiger partial charge in [-0.1, -0.05) is 30.3 Å². The maximum Gasteiger partial charge on any atom is 0.416 e. The van der Waals surface area contributed by atoms with E-state index < -0.39 is 23.4 Å². The number of ether oxygens (including phenoxy) is 1. The molecular formula is C21H21F3N2O3. The van der Waals surface area contributed by atoms with Crippen molar-refractivity contribution in [2.75, 3.05) is 6.73 Å². The number of hydrogen-bond donors (Lipinski definition) is 1. The predicted molar refractivity (Wildman–Crippen MR) is 100 cm³/mol. The van der Waals surface area contributed by atoms with E-state index in [2.05, 4.69) is 4.98 Å². The number of benzene rings is 1. The van der Waals surface area contributed by atoms with E-state index >= 15 is 0 Å². The lowest BCUT2D eigenvalue weighted by Gasteiger charge is -2.43. The Morgan fingerprint density at radius 2 is 1.83 bits per heavy atom. The normalized spacial score (nSPS) is 16.7. The van der Waals surface area contributed by atoms with Gasteiger partial charge in [-0.2, -0.15) is 13.2 Å². The number of amides is 1. The zero-order valence-corrected chi connectivity index (χ0v) is 16.2. The number of aliphatic hydroxyl groups is 1. The first-order valence-corrected chi connectivity index (χ1v) is 8.95. The Morgan fingerprint density at radius 1 is 1.17 bits per heavy atom. The number of aliphatic hydroxyl groups excluding tert-OH is 1. The second kappa shape index (κ2) is 7.51. The Hall–Kier alpha value is -2.87. The molecule has 0 fully saturated rings. The van der Waals surface area contributed by atoms with Crippen molar-refractivity contribution in [1.82, 2.24) is 9.88 Å². The molecule has 1 aliphatic heterocycles. The Bertz CT molecular complexity index is 940. The molecule has 0 spiro atoms. The molecule has 1 N–H and O–H groups in total. The third-order valence-corrected chi connectivity index (χ3v) is 5.04. The van der Waals surface area contributed by atoms with E-state index in [9.17, 15) is 23.1 Å². The Labute approximate surface area is 166 Å². The molecule has 0 saturated carbocycles. The van der Waals surface area contributed by atoms with Crippen LogP contribution in [0.3, 0.4) is 0 Å². The summed E-state index contributed by atoms with van der Waals surface area (Å²) in [6.45, 7) is 4.66. The standard InChI is InChI=1S/C21H21F3N2O3/c1-13-17(14-7-5-4-6-8-14)19(28)26(12-29-13)20(2,3)18(27)16-11-15(9-10-25-16)21(22,23)24/h4-11,18,27H,12H2,1-3H3. The molecule has 0 radical (unpaired) electrons. The van der Waals surface area contributed by atoms with Gasteiger partial charge in [0.15, 0.2) is 6.73 Å². The minimum atomic E-state index is -4.56. The first kappa shape index (κ1) is 20.9. The lowest BCUT2D eigenvalue weighted by Crippen LogP contribution is -2.54. The molecule has 29 heavy (non-hydrogen) atoms. The van der Waals surface area contributed by atoms with Gasteiger partial charge in [0.05, 0.1) is 22.4 Å². The molecule has 1 atom stereocenters. The molecule has 3 rings (SSSR count). The molecule has 154 valence electrons. The first-order valence-electron chi connectivity index (χ1n) is 8.95. The summed E-state index contributed by atoms with van der Waals surface area (Å²) in [7, 11) is 0. The second-order valence-corrected chi connectivity index (χ2v) is 7.33. The number of carbonyl (C=O) groups excluding carboxylic acids is 1. The van der Waals surface area contributed by atoms with Crippen LogP contribution in [-0.4, -0.2) is 33.2 Å². The lowest BCUT2D eigenvalue weighted by atomic mass is 9.90. The van der Waals surface area contributed by atoms with Gasteiger partial charge in [0, 0.05) is 6.20 Å². The monoisotopic (exact) mass is 406 g/mol. The molecule has 5 nitrogen and oxygen atoms in total. The van der Waals surface area contributed by atoms with Crippen LogP contribution in [0.2, 0.25) is 0 Å². The number of pyridine rings is 1. The molecule has 1 aromatic heterocycles. The summed E-state index contributed by atoms with van der Waals surface area (Å²) in [5, 5.41) is 10.8. The van der Waals surface area contributed by atoms with Crippen molar-refractivity contribution >= 4 is 11.5 Å². The number of rotatable bonds is 4. The van der Waals surface area contributed by atoms with E-state index in [1.165, 1.54) is 4.90 Å². The van der Waals surface area contributed by atoms with E-state index in [0.717, 1.165) is 18.3 Å².